The molecule has 0 aliphatic carbocycles. The first-order valence-corrected chi connectivity index (χ1v) is 6.34. The summed E-state index contributed by atoms with van der Waals surface area (Å²) in [5.74, 6) is -1.52. The molecule has 0 aliphatic rings. The predicted molar refractivity (Wildman–Crippen MR) is 72.1 cm³/mol. The molecular formula is C14H18FNO4. The van der Waals surface area contributed by atoms with Gasteiger partial charge in [0.2, 0.25) is 5.91 Å². The third-order valence-corrected chi connectivity index (χ3v) is 2.56. The van der Waals surface area contributed by atoms with Crippen LogP contribution in [0.3, 0.4) is 0 Å². The highest BCUT2D eigenvalue weighted by molar-refractivity contribution is 5.94. The highest BCUT2D eigenvalue weighted by Gasteiger charge is 2.12. The Morgan fingerprint density at radius 3 is 2.75 bits per heavy atom. The van der Waals surface area contributed by atoms with E-state index < -0.39 is 11.8 Å². The standard InChI is InChI=1S/C14H18FNO4/c1-3-20-8-4-5-13(17)16-12-9-10(14(18)19-2)6-7-11(12)15/h6-7,9H,3-5,8H2,1-2H3,(H,16,17). The van der Waals surface area contributed by atoms with E-state index in [9.17, 15) is 14.0 Å². The zero-order chi connectivity index (χ0) is 15.0. The van der Waals surface area contributed by atoms with Gasteiger partial charge in [-0.2, -0.15) is 0 Å². The lowest BCUT2D eigenvalue weighted by Crippen LogP contribution is -2.14. The minimum Gasteiger partial charge on any atom is -0.465 e. The zero-order valence-corrected chi connectivity index (χ0v) is 11.6. The summed E-state index contributed by atoms with van der Waals surface area (Å²) in [5.41, 5.74) is 0.146. The summed E-state index contributed by atoms with van der Waals surface area (Å²) in [4.78, 5) is 23.0. The van der Waals surface area contributed by atoms with Gasteiger partial charge < -0.3 is 14.8 Å². The number of benzene rings is 1. The van der Waals surface area contributed by atoms with Crippen molar-refractivity contribution in [3.05, 3.63) is 29.6 Å². The molecule has 0 heterocycles. The topological polar surface area (TPSA) is 64.6 Å². The van der Waals surface area contributed by atoms with Crippen LogP contribution in [0.15, 0.2) is 18.2 Å². The number of anilines is 1. The second kappa shape index (κ2) is 8.27. The highest BCUT2D eigenvalue weighted by atomic mass is 19.1. The number of esters is 1. The molecule has 20 heavy (non-hydrogen) atoms. The van der Waals surface area contributed by atoms with Crippen molar-refractivity contribution in [3.8, 4) is 0 Å². The molecule has 1 aromatic carbocycles. The number of nitrogens with one attached hydrogen (secondary N) is 1. The SMILES string of the molecule is CCOCCCC(=O)Nc1cc(C(=O)OC)ccc1F. The average Bonchev–Trinajstić information content (AvgIpc) is 2.45. The largest absolute Gasteiger partial charge is 0.465 e. The van der Waals surface area contributed by atoms with Gasteiger partial charge in [0.05, 0.1) is 18.4 Å². The van der Waals surface area contributed by atoms with Crippen LogP contribution in [0.2, 0.25) is 0 Å². The van der Waals surface area contributed by atoms with Crippen LogP contribution in [0.4, 0.5) is 10.1 Å². The second-order valence-electron chi connectivity index (χ2n) is 4.03. The molecule has 0 bridgehead atoms. The van der Waals surface area contributed by atoms with E-state index in [1.807, 2.05) is 6.92 Å². The van der Waals surface area contributed by atoms with Crippen LogP contribution in [-0.4, -0.2) is 32.2 Å². The van der Waals surface area contributed by atoms with E-state index in [0.29, 0.717) is 19.6 Å². The summed E-state index contributed by atoms with van der Waals surface area (Å²) >= 11 is 0. The number of ether oxygens (including phenoxy) is 2. The van der Waals surface area contributed by atoms with E-state index in [1.165, 1.54) is 19.2 Å². The van der Waals surface area contributed by atoms with Crippen LogP contribution >= 0.6 is 0 Å². The van der Waals surface area contributed by atoms with Gasteiger partial charge in [0.15, 0.2) is 0 Å². The summed E-state index contributed by atoms with van der Waals surface area (Å²) in [7, 11) is 1.23. The first kappa shape index (κ1) is 16.1. The fourth-order valence-corrected chi connectivity index (χ4v) is 1.56. The van der Waals surface area contributed by atoms with Crippen molar-refractivity contribution < 1.29 is 23.5 Å². The fourth-order valence-electron chi connectivity index (χ4n) is 1.56. The Morgan fingerprint density at radius 2 is 2.10 bits per heavy atom. The minimum atomic E-state index is -0.601. The molecule has 1 aromatic rings. The Labute approximate surface area is 117 Å². The maximum absolute atomic E-state index is 13.5. The number of hydrogen-bond acceptors (Lipinski definition) is 4. The number of carbonyl (C=O) groups is 2. The van der Waals surface area contributed by atoms with Gasteiger partial charge in [-0.15, -0.1) is 0 Å². The van der Waals surface area contributed by atoms with Crippen LogP contribution in [0.5, 0.6) is 0 Å². The second-order valence-corrected chi connectivity index (χ2v) is 4.03. The molecule has 0 aromatic heterocycles. The van der Waals surface area contributed by atoms with E-state index in [0.717, 1.165) is 6.07 Å². The van der Waals surface area contributed by atoms with Crippen molar-refractivity contribution >= 4 is 17.6 Å². The molecule has 0 saturated heterocycles. The number of amides is 1. The average molecular weight is 283 g/mol. The molecule has 0 fully saturated rings. The number of hydrogen-bond donors (Lipinski definition) is 1. The van der Waals surface area contributed by atoms with Crippen LogP contribution in [0.25, 0.3) is 0 Å². The van der Waals surface area contributed by atoms with Crippen molar-refractivity contribution in [2.24, 2.45) is 0 Å². The van der Waals surface area contributed by atoms with Crippen LogP contribution in [0, 0.1) is 5.82 Å². The monoisotopic (exact) mass is 283 g/mol. The lowest BCUT2D eigenvalue weighted by molar-refractivity contribution is -0.116. The lowest BCUT2D eigenvalue weighted by atomic mass is 10.2. The molecule has 5 nitrogen and oxygen atoms in total. The van der Waals surface area contributed by atoms with Gasteiger partial charge in [-0.25, -0.2) is 9.18 Å². The maximum atomic E-state index is 13.5. The number of halogens is 1. The maximum Gasteiger partial charge on any atom is 0.337 e. The first-order chi connectivity index (χ1) is 9.58. The molecule has 0 saturated carbocycles. The van der Waals surface area contributed by atoms with Crippen molar-refractivity contribution in [3.63, 3.8) is 0 Å². The predicted octanol–water partition coefficient (Wildman–Crippen LogP) is 2.37. The van der Waals surface area contributed by atoms with Crippen LogP contribution in [-0.2, 0) is 14.3 Å². The lowest BCUT2D eigenvalue weighted by Gasteiger charge is -2.08. The van der Waals surface area contributed by atoms with E-state index in [-0.39, 0.29) is 23.6 Å². The number of carbonyl (C=O) groups excluding carboxylic acids is 2. The molecular weight excluding hydrogens is 265 g/mol. The Balaban J connectivity index is 2.62. The Bertz CT molecular complexity index is 476. The molecule has 1 N–H and O–H groups in total. The van der Waals surface area contributed by atoms with Gasteiger partial charge in [-0.1, -0.05) is 0 Å². The molecule has 0 radical (unpaired) electrons. The molecule has 6 heteroatoms. The van der Waals surface area contributed by atoms with Gasteiger partial charge in [0.1, 0.15) is 5.82 Å². The number of rotatable bonds is 7. The van der Waals surface area contributed by atoms with E-state index >= 15 is 0 Å². The summed E-state index contributed by atoms with van der Waals surface area (Å²) < 4.78 is 23.2. The van der Waals surface area contributed by atoms with Crippen LogP contribution in [0.1, 0.15) is 30.1 Å². The van der Waals surface area contributed by atoms with Crippen molar-refractivity contribution in [2.75, 3.05) is 25.6 Å². The van der Waals surface area contributed by atoms with Crippen molar-refractivity contribution in [2.45, 2.75) is 19.8 Å². The first-order valence-electron chi connectivity index (χ1n) is 6.34. The van der Waals surface area contributed by atoms with Crippen molar-refractivity contribution in [1.29, 1.82) is 0 Å². The van der Waals surface area contributed by atoms with E-state index in [2.05, 4.69) is 10.1 Å². The number of methoxy groups -OCH3 is 1. The Morgan fingerprint density at radius 1 is 1.35 bits per heavy atom. The fraction of sp³-hybridized carbons (Fsp3) is 0.429. The van der Waals surface area contributed by atoms with E-state index in [4.69, 9.17) is 4.74 Å². The summed E-state index contributed by atoms with van der Waals surface area (Å²) in [6.45, 7) is 2.94. The van der Waals surface area contributed by atoms with Gasteiger partial charge in [-0.05, 0) is 31.5 Å². The van der Waals surface area contributed by atoms with Gasteiger partial charge in [-0.3, -0.25) is 4.79 Å². The third kappa shape index (κ3) is 4.97. The molecule has 110 valence electrons. The molecule has 1 amide bonds. The summed E-state index contributed by atoms with van der Waals surface area (Å²) in [6, 6.07) is 3.66. The van der Waals surface area contributed by atoms with Gasteiger partial charge >= 0.3 is 5.97 Å². The molecule has 1 rings (SSSR count). The van der Waals surface area contributed by atoms with Gasteiger partial charge in [0, 0.05) is 19.6 Å². The zero-order valence-electron chi connectivity index (χ0n) is 11.6. The third-order valence-electron chi connectivity index (χ3n) is 2.56. The smallest absolute Gasteiger partial charge is 0.337 e. The highest BCUT2D eigenvalue weighted by Crippen LogP contribution is 2.17. The Kier molecular flexibility index (Phi) is 6.66. The Hall–Kier alpha value is -1.95. The summed E-state index contributed by atoms with van der Waals surface area (Å²) in [6.07, 6.45) is 0.778. The molecule has 0 spiro atoms. The van der Waals surface area contributed by atoms with Crippen LogP contribution < -0.4 is 5.32 Å². The quantitative estimate of drug-likeness (QED) is 0.616. The molecule has 0 atom stereocenters. The summed E-state index contributed by atoms with van der Waals surface area (Å²) in [5, 5.41) is 2.43. The minimum absolute atomic E-state index is 0.0330. The normalized spacial score (nSPS) is 10.2. The van der Waals surface area contributed by atoms with Crippen molar-refractivity contribution in [1.82, 2.24) is 0 Å². The van der Waals surface area contributed by atoms with Gasteiger partial charge in [0.25, 0.3) is 0 Å². The molecule has 0 aliphatic heterocycles. The van der Waals surface area contributed by atoms with E-state index in [1.54, 1.807) is 0 Å². The molecule has 0 unspecified atom stereocenters.